The Morgan fingerprint density at radius 2 is 1.93 bits per heavy atom. The summed E-state index contributed by atoms with van der Waals surface area (Å²) in [5, 5.41) is 7.27. The molecule has 4 nitrogen and oxygen atoms in total. The largest absolute Gasteiger partial charge is 0.322 e. The van der Waals surface area contributed by atoms with Gasteiger partial charge < -0.3 is 5.32 Å². The molecule has 1 amide bonds. The lowest BCUT2D eigenvalue weighted by atomic mass is 9.98. The number of pyridine rings is 1. The van der Waals surface area contributed by atoms with E-state index in [0.29, 0.717) is 5.56 Å². The molecule has 5 heteroatoms. The molecule has 0 aliphatic rings. The van der Waals surface area contributed by atoms with Crippen LogP contribution in [0.3, 0.4) is 0 Å². The summed E-state index contributed by atoms with van der Waals surface area (Å²) in [6.07, 6.45) is 2.62. The molecular formula is C23H21N3OS. The number of hydrogen-bond donors (Lipinski definition) is 1. The van der Waals surface area contributed by atoms with Crippen molar-refractivity contribution in [3.05, 3.63) is 75.7 Å². The minimum Gasteiger partial charge on any atom is -0.322 e. The van der Waals surface area contributed by atoms with Gasteiger partial charge in [-0.05, 0) is 55.7 Å². The molecule has 1 N–H and O–H groups in total. The molecule has 0 radical (unpaired) electrons. The first kappa shape index (κ1) is 18.3. The van der Waals surface area contributed by atoms with Crippen LogP contribution in [0, 0.1) is 13.8 Å². The van der Waals surface area contributed by atoms with Gasteiger partial charge in [0.25, 0.3) is 5.91 Å². The van der Waals surface area contributed by atoms with Crippen LogP contribution in [0.25, 0.3) is 22.2 Å². The van der Waals surface area contributed by atoms with E-state index >= 15 is 0 Å². The maximum Gasteiger partial charge on any atom is 0.255 e. The molecule has 0 aliphatic carbocycles. The van der Waals surface area contributed by atoms with Crippen molar-refractivity contribution >= 4 is 33.8 Å². The van der Waals surface area contributed by atoms with E-state index in [2.05, 4.69) is 35.2 Å². The third kappa shape index (κ3) is 3.41. The van der Waals surface area contributed by atoms with E-state index in [1.54, 1.807) is 17.5 Å². The number of anilines is 1. The first-order chi connectivity index (χ1) is 13.6. The van der Waals surface area contributed by atoms with Crippen molar-refractivity contribution in [1.29, 1.82) is 0 Å². The molecule has 2 aromatic heterocycles. The van der Waals surface area contributed by atoms with Gasteiger partial charge in [-0.25, -0.2) is 4.98 Å². The number of aromatic nitrogens is 2. The molecule has 0 spiro atoms. The molecule has 28 heavy (non-hydrogen) atoms. The first-order valence-corrected chi connectivity index (χ1v) is 10.2. The van der Waals surface area contributed by atoms with Crippen LogP contribution < -0.4 is 5.32 Å². The Morgan fingerprint density at radius 1 is 1.14 bits per heavy atom. The molecule has 0 aliphatic heterocycles. The van der Waals surface area contributed by atoms with Gasteiger partial charge in [0.2, 0.25) is 0 Å². The van der Waals surface area contributed by atoms with Crippen molar-refractivity contribution in [3.8, 4) is 11.3 Å². The van der Waals surface area contributed by atoms with Crippen LogP contribution >= 0.6 is 11.3 Å². The highest BCUT2D eigenvalue weighted by Crippen LogP contribution is 2.29. The van der Waals surface area contributed by atoms with Gasteiger partial charge in [-0.3, -0.25) is 9.78 Å². The molecule has 0 saturated heterocycles. The Kier molecular flexibility index (Phi) is 4.92. The summed E-state index contributed by atoms with van der Waals surface area (Å²) in [4.78, 5) is 21.8. The van der Waals surface area contributed by atoms with E-state index in [1.165, 1.54) is 0 Å². The zero-order valence-corrected chi connectivity index (χ0v) is 16.9. The van der Waals surface area contributed by atoms with Crippen molar-refractivity contribution < 1.29 is 4.79 Å². The number of amides is 1. The normalized spacial score (nSPS) is 11.0. The number of rotatable bonds is 4. The van der Waals surface area contributed by atoms with Crippen LogP contribution in [0.1, 0.15) is 33.4 Å². The van der Waals surface area contributed by atoms with E-state index in [-0.39, 0.29) is 5.91 Å². The van der Waals surface area contributed by atoms with Crippen molar-refractivity contribution in [3.63, 3.8) is 0 Å². The third-order valence-electron chi connectivity index (χ3n) is 4.96. The lowest BCUT2D eigenvalue weighted by Gasteiger charge is -2.15. The van der Waals surface area contributed by atoms with Gasteiger partial charge in [0.05, 0.1) is 16.2 Å². The number of hydrogen-bond acceptors (Lipinski definition) is 4. The molecule has 0 saturated carbocycles. The van der Waals surface area contributed by atoms with Gasteiger partial charge in [-0.1, -0.05) is 25.1 Å². The van der Waals surface area contributed by atoms with Gasteiger partial charge >= 0.3 is 0 Å². The van der Waals surface area contributed by atoms with E-state index in [0.717, 1.165) is 50.4 Å². The Balaban J connectivity index is 1.63. The van der Waals surface area contributed by atoms with Crippen LogP contribution in [0.2, 0.25) is 0 Å². The SMILES string of the molecule is CCc1c(NC(=O)c2ccc(-c3csc(C)n3)cc2)cc2ncccc2c1C. The lowest BCUT2D eigenvalue weighted by molar-refractivity contribution is 0.102. The average Bonchev–Trinajstić information content (AvgIpc) is 3.15. The topological polar surface area (TPSA) is 54.9 Å². The lowest BCUT2D eigenvalue weighted by Crippen LogP contribution is -2.14. The molecule has 4 rings (SSSR count). The summed E-state index contributed by atoms with van der Waals surface area (Å²) in [6.45, 7) is 6.18. The van der Waals surface area contributed by atoms with Gasteiger partial charge in [0.1, 0.15) is 0 Å². The molecule has 0 atom stereocenters. The summed E-state index contributed by atoms with van der Waals surface area (Å²) in [5.41, 5.74) is 6.61. The van der Waals surface area contributed by atoms with Crippen molar-refractivity contribution in [2.24, 2.45) is 0 Å². The van der Waals surface area contributed by atoms with Crippen LogP contribution in [-0.4, -0.2) is 15.9 Å². The molecule has 0 unspecified atom stereocenters. The van der Waals surface area contributed by atoms with Gasteiger partial charge in [0, 0.05) is 33.8 Å². The van der Waals surface area contributed by atoms with Crippen molar-refractivity contribution in [1.82, 2.24) is 9.97 Å². The molecular weight excluding hydrogens is 366 g/mol. The smallest absolute Gasteiger partial charge is 0.255 e. The number of carbonyl (C=O) groups is 1. The third-order valence-corrected chi connectivity index (χ3v) is 5.74. The van der Waals surface area contributed by atoms with Gasteiger partial charge in [0.15, 0.2) is 0 Å². The van der Waals surface area contributed by atoms with Crippen LogP contribution in [0.5, 0.6) is 0 Å². The number of aryl methyl sites for hydroxylation is 2. The number of fused-ring (bicyclic) bond motifs is 1. The molecule has 2 aromatic carbocycles. The molecule has 4 aromatic rings. The van der Waals surface area contributed by atoms with E-state index in [9.17, 15) is 4.79 Å². The highest BCUT2D eigenvalue weighted by atomic mass is 32.1. The van der Waals surface area contributed by atoms with E-state index < -0.39 is 0 Å². The zero-order chi connectivity index (χ0) is 19.7. The monoisotopic (exact) mass is 387 g/mol. The molecule has 0 fully saturated rings. The average molecular weight is 388 g/mol. The zero-order valence-electron chi connectivity index (χ0n) is 16.1. The van der Waals surface area contributed by atoms with Crippen LogP contribution in [0.4, 0.5) is 5.69 Å². The number of carbonyl (C=O) groups excluding carboxylic acids is 1. The fourth-order valence-electron chi connectivity index (χ4n) is 3.49. The predicted molar refractivity (Wildman–Crippen MR) is 116 cm³/mol. The summed E-state index contributed by atoms with van der Waals surface area (Å²) >= 11 is 1.62. The van der Waals surface area contributed by atoms with Gasteiger partial charge in [-0.2, -0.15) is 0 Å². The fraction of sp³-hybridized carbons (Fsp3) is 0.174. The molecule has 0 bridgehead atoms. The summed E-state index contributed by atoms with van der Waals surface area (Å²) in [7, 11) is 0. The van der Waals surface area contributed by atoms with E-state index in [4.69, 9.17) is 0 Å². The fourth-order valence-corrected chi connectivity index (χ4v) is 4.11. The summed E-state index contributed by atoms with van der Waals surface area (Å²) < 4.78 is 0. The van der Waals surface area contributed by atoms with Crippen LogP contribution in [-0.2, 0) is 6.42 Å². The van der Waals surface area contributed by atoms with E-state index in [1.807, 2.05) is 48.7 Å². The van der Waals surface area contributed by atoms with Crippen LogP contribution in [0.15, 0.2) is 54.0 Å². The minimum absolute atomic E-state index is 0.120. The van der Waals surface area contributed by atoms with Crippen molar-refractivity contribution in [2.75, 3.05) is 5.32 Å². The number of nitrogens with zero attached hydrogens (tertiary/aromatic N) is 2. The van der Waals surface area contributed by atoms with Gasteiger partial charge in [-0.15, -0.1) is 11.3 Å². The highest BCUT2D eigenvalue weighted by Gasteiger charge is 2.14. The quantitative estimate of drug-likeness (QED) is 0.482. The number of benzene rings is 2. The summed E-state index contributed by atoms with van der Waals surface area (Å²) in [5.74, 6) is -0.120. The summed E-state index contributed by atoms with van der Waals surface area (Å²) in [6, 6.07) is 13.5. The maximum absolute atomic E-state index is 12.8. The Morgan fingerprint density at radius 3 is 2.61 bits per heavy atom. The second-order valence-corrected chi connectivity index (χ2v) is 7.80. The Labute approximate surface area is 168 Å². The second-order valence-electron chi connectivity index (χ2n) is 6.73. The maximum atomic E-state index is 12.8. The standard InChI is InChI=1S/C23H21N3OS/c1-4-18-14(2)19-6-5-11-24-20(19)12-21(18)26-23(27)17-9-7-16(8-10-17)22-13-28-15(3)25-22/h5-13H,4H2,1-3H3,(H,26,27). The second kappa shape index (κ2) is 7.52. The molecule has 140 valence electrons. The molecule has 2 heterocycles. The predicted octanol–water partition coefficient (Wildman–Crippen LogP) is 5.79. The van der Waals surface area contributed by atoms with Crippen molar-refractivity contribution in [2.45, 2.75) is 27.2 Å². The Hall–Kier alpha value is -3.05. The Bertz CT molecular complexity index is 1160. The number of thiazole rings is 1. The minimum atomic E-state index is -0.120. The number of nitrogens with one attached hydrogen (secondary N) is 1. The first-order valence-electron chi connectivity index (χ1n) is 9.28. The highest BCUT2D eigenvalue weighted by molar-refractivity contribution is 7.09.